The number of nitrogens with one attached hydrogen (secondary N) is 1. The first-order valence-electron chi connectivity index (χ1n) is 8.18. The highest BCUT2D eigenvalue weighted by Gasteiger charge is 2.26. The fourth-order valence-corrected chi connectivity index (χ4v) is 4.95. The van der Waals surface area contributed by atoms with Gasteiger partial charge in [-0.05, 0) is 36.6 Å². The molecule has 1 fully saturated rings. The Morgan fingerprint density at radius 2 is 2.04 bits per heavy atom. The van der Waals surface area contributed by atoms with Gasteiger partial charge in [0.15, 0.2) is 0 Å². The summed E-state index contributed by atoms with van der Waals surface area (Å²) in [6.07, 6.45) is 3.32. The molecule has 0 atom stereocenters. The summed E-state index contributed by atoms with van der Waals surface area (Å²) in [5.74, 6) is 1.42. The van der Waals surface area contributed by atoms with Crippen molar-refractivity contribution in [1.29, 1.82) is 0 Å². The molecule has 2 heterocycles. The van der Waals surface area contributed by atoms with Crippen molar-refractivity contribution >= 4 is 33.0 Å². The first-order chi connectivity index (χ1) is 12.5. The Morgan fingerprint density at radius 1 is 1.27 bits per heavy atom. The molecule has 1 saturated carbocycles. The van der Waals surface area contributed by atoms with Crippen molar-refractivity contribution < 1.29 is 12.9 Å². The molecule has 0 unspecified atom stereocenters. The van der Waals surface area contributed by atoms with Crippen LogP contribution in [0.25, 0.3) is 11.4 Å². The van der Waals surface area contributed by atoms with E-state index in [1.165, 1.54) is 6.42 Å². The number of aromatic nitrogens is 2. The zero-order valence-corrected chi connectivity index (χ0v) is 16.1. The van der Waals surface area contributed by atoms with E-state index < -0.39 is 10.0 Å². The molecule has 3 aromatic rings. The fourth-order valence-electron chi connectivity index (χ4n) is 2.60. The molecule has 2 aromatic heterocycles. The van der Waals surface area contributed by atoms with E-state index in [0.717, 1.165) is 29.7 Å². The minimum absolute atomic E-state index is 0.195. The summed E-state index contributed by atoms with van der Waals surface area (Å²) >= 11 is 6.97. The number of thiophene rings is 1. The zero-order chi connectivity index (χ0) is 18.1. The maximum Gasteiger partial charge on any atom is 0.250 e. The lowest BCUT2D eigenvalue weighted by Crippen LogP contribution is -2.22. The second-order valence-electron chi connectivity index (χ2n) is 6.19. The van der Waals surface area contributed by atoms with Gasteiger partial charge in [0.25, 0.3) is 0 Å². The van der Waals surface area contributed by atoms with Gasteiger partial charge in [0.1, 0.15) is 4.21 Å². The average Bonchev–Trinajstić information content (AvgIpc) is 3.22. The maximum atomic E-state index is 12.5. The summed E-state index contributed by atoms with van der Waals surface area (Å²) in [6, 6.07) is 8.59. The summed E-state index contributed by atoms with van der Waals surface area (Å²) in [4.78, 5) is 4.40. The predicted octanol–water partition coefficient (Wildman–Crippen LogP) is 4.20. The number of sulfonamides is 1. The molecule has 0 spiro atoms. The monoisotopic (exact) mass is 409 g/mol. The first-order valence-corrected chi connectivity index (χ1v) is 10.9. The van der Waals surface area contributed by atoms with Crippen LogP contribution >= 0.6 is 22.9 Å². The largest absolute Gasteiger partial charge is 0.339 e. The summed E-state index contributed by atoms with van der Waals surface area (Å²) in [5, 5.41) is 6.32. The van der Waals surface area contributed by atoms with Gasteiger partial charge in [-0.25, -0.2) is 13.1 Å². The Balaban J connectivity index is 1.47. The third-order valence-electron chi connectivity index (χ3n) is 4.37. The van der Waals surface area contributed by atoms with E-state index in [-0.39, 0.29) is 10.8 Å². The van der Waals surface area contributed by atoms with E-state index in [2.05, 4.69) is 14.9 Å². The van der Waals surface area contributed by atoms with Crippen molar-refractivity contribution in [3.05, 3.63) is 52.2 Å². The molecule has 1 N–H and O–H groups in total. The normalized spacial score (nSPS) is 15.1. The van der Waals surface area contributed by atoms with E-state index in [0.29, 0.717) is 28.2 Å². The molecule has 0 radical (unpaired) electrons. The Morgan fingerprint density at radius 3 is 2.73 bits per heavy atom. The Labute approximate surface area is 160 Å². The lowest BCUT2D eigenvalue weighted by Gasteiger charge is -2.20. The lowest BCUT2D eigenvalue weighted by molar-refractivity contribution is 0.292. The molecule has 9 heteroatoms. The zero-order valence-electron chi connectivity index (χ0n) is 13.7. The van der Waals surface area contributed by atoms with Crippen LogP contribution in [0.3, 0.4) is 0 Å². The van der Waals surface area contributed by atoms with Crippen LogP contribution in [0.4, 0.5) is 0 Å². The molecule has 136 valence electrons. The number of hydrogen-bond acceptors (Lipinski definition) is 6. The summed E-state index contributed by atoms with van der Waals surface area (Å²) in [7, 11) is -3.61. The van der Waals surface area contributed by atoms with Gasteiger partial charge >= 0.3 is 0 Å². The molecule has 26 heavy (non-hydrogen) atoms. The molecule has 6 nitrogen and oxygen atoms in total. The first kappa shape index (κ1) is 17.7. The van der Waals surface area contributed by atoms with Crippen LogP contribution in [0.2, 0.25) is 5.02 Å². The Bertz CT molecular complexity index is 1010. The quantitative estimate of drug-likeness (QED) is 0.659. The van der Waals surface area contributed by atoms with Crippen LogP contribution in [0, 0.1) is 0 Å². The Kier molecular flexibility index (Phi) is 4.83. The highest BCUT2D eigenvalue weighted by molar-refractivity contribution is 7.91. The minimum Gasteiger partial charge on any atom is -0.339 e. The smallest absolute Gasteiger partial charge is 0.250 e. The van der Waals surface area contributed by atoms with Crippen molar-refractivity contribution in [3.63, 3.8) is 0 Å². The third kappa shape index (κ3) is 3.68. The van der Waals surface area contributed by atoms with Crippen LogP contribution in [0.1, 0.15) is 36.6 Å². The second-order valence-corrected chi connectivity index (χ2v) is 9.53. The molecule has 0 saturated heterocycles. The lowest BCUT2D eigenvalue weighted by atomic mass is 9.85. The highest BCUT2D eigenvalue weighted by atomic mass is 35.5. The molecule has 1 aliphatic carbocycles. The number of benzene rings is 1. The van der Waals surface area contributed by atoms with Gasteiger partial charge in [-0.2, -0.15) is 4.98 Å². The number of hydrogen-bond donors (Lipinski definition) is 1. The topological polar surface area (TPSA) is 85.1 Å². The molecule has 0 aliphatic heterocycles. The van der Waals surface area contributed by atoms with Gasteiger partial charge in [0, 0.05) is 28.4 Å². The molecule has 4 rings (SSSR count). The van der Waals surface area contributed by atoms with E-state index >= 15 is 0 Å². The standard InChI is InChI=1S/C17H16ClN3O3S2/c18-14-6-4-11(5-7-14)9-19-26(22,23)15-8-13(10-25-15)16-20-17(24-21-16)12-2-1-3-12/h4-8,10,12,19H,1-3,9H2. The molecule has 1 aromatic carbocycles. The number of nitrogens with zero attached hydrogens (tertiary/aromatic N) is 2. The number of halogens is 1. The van der Waals surface area contributed by atoms with Crippen LogP contribution in [0.15, 0.2) is 44.4 Å². The van der Waals surface area contributed by atoms with Crippen LogP contribution < -0.4 is 4.72 Å². The Hall–Kier alpha value is -1.74. The molecular weight excluding hydrogens is 394 g/mol. The van der Waals surface area contributed by atoms with Gasteiger partial charge in [-0.1, -0.05) is 35.3 Å². The van der Waals surface area contributed by atoms with Gasteiger partial charge in [-0.15, -0.1) is 11.3 Å². The van der Waals surface area contributed by atoms with E-state index in [1.54, 1.807) is 35.7 Å². The van der Waals surface area contributed by atoms with E-state index in [9.17, 15) is 8.42 Å². The van der Waals surface area contributed by atoms with E-state index in [4.69, 9.17) is 16.1 Å². The van der Waals surface area contributed by atoms with Crippen LogP contribution in [-0.4, -0.2) is 18.6 Å². The SMILES string of the molecule is O=S(=O)(NCc1ccc(Cl)cc1)c1cc(-c2noc(C3CCC3)n2)cs1. The van der Waals surface area contributed by atoms with Crippen molar-refractivity contribution in [2.45, 2.75) is 35.9 Å². The van der Waals surface area contributed by atoms with Crippen molar-refractivity contribution in [3.8, 4) is 11.4 Å². The summed E-state index contributed by atoms with van der Waals surface area (Å²) in [5.41, 5.74) is 1.48. The van der Waals surface area contributed by atoms with Crippen molar-refractivity contribution in [2.24, 2.45) is 0 Å². The van der Waals surface area contributed by atoms with E-state index in [1.807, 2.05) is 0 Å². The average molecular weight is 410 g/mol. The highest BCUT2D eigenvalue weighted by Crippen LogP contribution is 2.36. The third-order valence-corrected chi connectivity index (χ3v) is 7.47. The molecule has 0 bridgehead atoms. The van der Waals surface area contributed by atoms with Gasteiger partial charge in [0.2, 0.25) is 21.7 Å². The predicted molar refractivity (Wildman–Crippen MR) is 99.7 cm³/mol. The summed E-state index contributed by atoms with van der Waals surface area (Å²) in [6.45, 7) is 0.195. The van der Waals surface area contributed by atoms with Gasteiger partial charge < -0.3 is 4.52 Å². The fraction of sp³-hybridized carbons (Fsp3) is 0.294. The van der Waals surface area contributed by atoms with Gasteiger partial charge in [0.05, 0.1) is 0 Å². The molecule has 0 amide bonds. The van der Waals surface area contributed by atoms with Crippen molar-refractivity contribution in [2.75, 3.05) is 0 Å². The van der Waals surface area contributed by atoms with Crippen LogP contribution in [0.5, 0.6) is 0 Å². The second kappa shape index (κ2) is 7.11. The summed E-state index contributed by atoms with van der Waals surface area (Å²) < 4.78 is 33.1. The van der Waals surface area contributed by atoms with Crippen molar-refractivity contribution in [1.82, 2.24) is 14.9 Å². The maximum absolute atomic E-state index is 12.5. The number of rotatable bonds is 6. The van der Waals surface area contributed by atoms with Crippen LogP contribution in [-0.2, 0) is 16.6 Å². The van der Waals surface area contributed by atoms with Gasteiger partial charge in [-0.3, -0.25) is 0 Å². The molecular formula is C17H16ClN3O3S2. The molecule has 1 aliphatic rings. The minimum atomic E-state index is -3.61.